The molecule has 8 nitrogen and oxygen atoms in total. The second-order valence-electron chi connectivity index (χ2n) is 10.4. The molecule has 1 unspecified atom stereocenters. The number of hydrogen-bond donors (Lipinski definition) is 0. The van der Waals surface area contributed by atoms with E-state index in [1.54, 1.807) is 30.3 Å². The van der Waals surface area contributed by atoms with E-state index in [0.29, 0.717) is 11.6 Å². The highest BCUT2D eigenvalue weighted by molar-refractivity contribution is 7.92. The first-order chi connectivity index (χ1) is 18.7. The van der Waals surface area contributed by atoms with E-state index < -0.39 is 45.9 Å². The van der Waals surface area contributed by atoms with Crippen LogP contribution >= 0.6 is 0 Å². The highest BCUT2D eigenvalue weighted by Gasteiger charge is 2.38. The number of hydrogen-bond acceptors (Lipinski definition) is 7. The van der Waals surface area contributed by atoms with Gasteiger partial charge in [-0.2, -0.15) is 13.2 Å². The van der Waals surface area contributed by atoms with Crippen LogP contribution in [0.1, 0.15) is 51.2 Å². The Morgan fingerprint density at radius 1 is 1.23 bits per heavy atom. The van der Waals surface area contributed by atoms with Crippen LogP contribution in [0.25, 0.3) is 6.08 Å². The Labute approximate surface area is 232 Å². The molecule has 4 rings (SSSR count). The maximum atomic E-state index is 13.7. The summed E-state index contributed by atoms with van der Waals surface area (Å²) >= 11 is 0. The van der Waals surface area contributed by atoms with E-state index in [9.17, 15) is 26.4 Å². The van der Waals surface area contributed by atoms with Crippen molar-refractivity contribution >= 4 is 34.9 Å². The summed E-state index contributed by atoms with van der Waals surface area (Å²) in [4.78, 5) is 11.2. The lowest BCUT2D eigenvalue weighted by molar-refractivity contribution is -0.141. The summed E-state index contributed by atoms with van der Waals surface area (Å²) in [6.07, 6.45) is -2.90. The van der Waals surface area contributed by atoms with Crippen LogP contribution in [-0.4, -0.2) is 53.0 Å². The van der Waals surface area contributed by atoms with Gasteiger partial charge >= 0.3 is 19.3 Å². The fourth-order valence-electron chi connectivity index (χ4n) is 4.79. The predicted molar refractivity (Wildman–Crippen MR) is 143 cm³/mol. The van der Waals surface area contributed by atoms with Crippen LogP contribution in [0.15, 0.2) is 53.3 Å². The summed E-state index contributed by atoms with van der Waals surface area (Å²) in [7, 11) is -3.82. The maximum Gasteiger partial charge on any atom is 0.486 e. The number of fused-ring (bicyclic) bond motifs is 1. The zero-order valence-electron chi connectivity index (χ0n) is 22.6. The SMILES string of the molecule is COC(=O)CC[C@H]1CN(S(=O)(=O)c2cccc(C(F)(F)F)c2)c2cc(/C=C/B3OC(C)CC(C)(C)O3)ccc2O1. The third-order valence-electron chi connectivity index (χ3n) is 6.59. The molecule has 0 N–H and O–H groups in total. The quantitative estimate of drug-likeness (QED) is 0.326. The van der Waals surface area contributed by atoms with E-state index in [0.717, 1.165) is 28.9 Å². The molecule has 0 radical (unpaired) electrons. The number of alkyl halides is 3. The molecule has 0 saturated carbocycles. The van der Waals surface area contributed by atoms with Crippen molar-refractivity contribution in [2.75, 3.05) is 18.0 Å². The summed E-state index contributed by atoms with van der Waals surface area (Å²) in [6.45, 7) is 5.68. The molecule has 2 aromatic rings. The van der Waals surface area contributed by atoms with Crippen molar-refractivity contribution < 1.29 is 45.2 Å². The molecule has 0 amide bonds. The number of carbonyl (C=O) groups excluding carboxylic acids is 1. The standard InChI is InChI=1S/C27H31BF3NO7S/c1-18-16-26(2,3)39-28(38-18)13-12-19-8-10-24-23(14-19)32(17-21(37-24)9-11-25(33)36-4)40(34,35)22-7-5-6-20(15-22)27(29,30)31/h5-8,10,12-15,18,21H,9,11,16-17H2,1-4H3/b13-12+/t18?,21-/m0/s1. The molecule has 1 fully saturated rings. The summed E-state index contributed by atoms with van der Waals surface area (Å²) in [6, 6.07) is 8.47. The smallest absolute Gasteiger partial charge is 0.486 e. The largest absolute Gasteiger partial charge is 0.486 e. The molecule has 2 aromatic carbocycles. The van der Waals surface area contributed by atoms with E-state index in [1.165, 1.54) is 7.11 Å². The van der Waals surface area contributed by atoms with Crippen LogP contribution in [0.2, 0.25) is 0 Å². The fourth-order valence-corrected chi connectivity index (χ4v) is 6.33. The van der Waals surface area contributed by atoms with E-state index in [2.05, 4.69) is 4.74 Å². The van der Waals surface area contributed by atoms with Gasteiger partial charge in [0.1, 0.15) is 11.9 Å². The van der Waals surface area contributed by atoms with E-state index in [4.69, 9.17) is 14.0 Å². The Hall–Kier alpha value is -3.03. The fraction of sp³-hybridized carbons (Fsp3) is 0.444. The minimum atomic E-state index is -4.72. The molecule has 2 aliphatic rings. The Balaban J connectivity index is 1.69. The minimum Gasteiger partial charge on any atom is -0.486 e. The van der Waals surface area contributed by atoms with Gasteiger partial charge in [0.05, 0.1) is 35.4 Å². The first-order valence-corrected chi connectivity index (χ1v) is 14.2. The second kappa shape index (κ2) is 11.5. The highest BCUT2D eigenvalue weighted by Crippen LogP contribution is 2.40. The van der Waals surface area contributed by atoms with Crippen LogP contribution in [0.4, 0.5) is 18.9 Å². The average Bonchev–Trinajstić information content (AvgIpc) is 2.88. The highest BCUT2D eigenvalue weighted by atomic mass is 32.2. The molecule has 0 aliphatic carbocycles. The lowest BCUT2D eigenvalue weighted by atomic mass is 9.82. The zero-order valence-corrected chi connectivity index (χ0v) is 23.4. The number of carbonyl (C=O) groups is 1. The van der Waals surface area contributed by atoms with Gasteiger partial charge in [0.2, 0.25) is 0 Å². The summed E-state index contributed by atoms with van der Waals surface area (Å²) in [5.74, 6) is 1.44. The number of halogens is 3. The predicted octanol–water partition coefficient (Wildman–Crippen LogP) is 5.26. The van der Waals surface area contributed by atoms with Crippen LogP contribution < -0.4 is 9.04 Å². The number of methoxy groups -OCH3 is 1. The second-order valence-corrected chi connectivity index (χ2v) is 12.3. The van der Waals surface area contributed by atoms with E-state index in [1.807, 2.05) is 20.8 Å². The lowest BCUT2D eigenvalue weighted by Crippen LogP contribution is -2.45. The van der Waals surface area contributed by atoms with Gasteiger partial charge in [-0.3, -0.25) is 9.10 Å². The van der Waals surface area contributed by atoms with Crippen LogP contribution in [0.3, 0.4) is 0 Å². The topological polar surface area (TPSA) is 91.4 Å². The van der Waals surface area contributed by atoms with Crippen molar-refractivity contribution in [1.82, 2.24) is 0 Å². The van der Waals surface area contributed by atoms with Crippen LogP contribution in [-0.2, 0) is 35.0 Å². The molecule has 13 heteroatoms. The number of nitrogens with zero attached hydrogens (tertiary/aromatic N) is 1. The number of anilines is 1. The van der Waals surface area contributed by atoms with Gasteiger partial charge in [-0.1, -0.05) is 24.2 Å². The monoisotopic (exact) mass is 581 g/mol. The number of benzene rings is 2. The maximum absolute atomic E-state index is 13.7. The van der Waals surface area contributed by atoms with Gasteiger partial charge in [-0.15, -0.1) is 0 Å². The van der Waals surface area contributed by atoms with E-state index in [-0.39, 0.29) is 42.5 Å². The molecule has 216 valence electrons. The molecule has 2 heterocycles. The molecule has 40 heavy (non-hydrogen) atoms. The van der Waals surface area contributed by atoms with Crippen molar-refractivity contribution in [2.45, 2.75) is 68.9 Å². The number of sulfonamides is 1. The third-order valence-corrected chi connectivity index (χ3v) is 8.36. The zero-order chi connectivity index (χ0) is 29.3. The van der Waals surface area contributed by atoms with Crippen molar-refractivity contribution in [1.29, 1.82) is 0 Å². The molecular weight excluding hydrogens is 550 g/mol. The Bertz CT molecular complexity index is 1380. The van der Waals surface area contributed by atoms with Gasteiger partial charge in [-0.05, 0) is 69.5 Å². The van der Waals surface area contributed by atoms with Crippen molar-refractivity contribution in [2.24, 2.45) is 0 Å². The third kappa shape index (κ3) is 6.99. The van der Waals surface area contributed by atoms with E-state index >= 15 is 0 Å². The van der Waals surface area contributed by atoms with Gasteiger partial charge in [0.25, 0.3) is 10.0 Å². The van der Waals surface area contributed by atoms with Crippen molar-refractivity contribution in [3.05, 3.63) is 59.6 Å². The van der Waals surface area contributed by atoms with Gasteiger partial charge in [0, 0.05) is 12.5 Å². The summed E-state index contributed by atoms with van der Waals surface area (Å²) in [5.41, 5.74) is -0.702. The average molecular weight is 581 g/mol. The molecular formula is C27H31BF3NO7S. The molecule has 0 aromatic heterocycles. The van der Waals surface area contributed by atoms with Gasteiger partial charge in [0.15, 0.2) is 0 Å². The molecule has 2 aliphatic heterocycles. The Morgan fingerprint density at radius 2 is 1.98 bits per heavy atom. The minimum absolute atomic E-state index is 0.0228. The summed E-state index contributed by atoms with van der Waals surface area (Å²) < 4.78 is 91.1. The summed E-state index contributed by atoms with van der Waals surface area (Å²) in [5, 5.41) is 0. The Kier molecular flexibility index (Phi) is 8.58. The first kappa shape index (κ1) is 29.9. The molecule has 1 saturated heterocycles. The number of rotatable bonds is 7. The van der Waals surface area contributed by atoms with Crippen LogP contribution in [0.5, 0.6) is 5.75 Å². The van der Waals surface area contributed by atoms with Gasteiger partial charge < -0.3 is 18.8 Å². The van der Waals surface area contributed by atoms with Gasteiger partial charge in [-0.25, -0.2) is 8.42 Å². The van der Waals surface area contributed by atoms with Crippen molar-refractivity contribution in [3.63, 3.8) is 0 Å². The molecule has 0 bridgehead atoms. The molecule has 0 spiro atoms. The number of esters is 1. The van der Waals surface area contributed by atoms with Crippen LogP contribution in [0, 0.1) is 0 Å². The molecule has 2 atom stereocenters. The lowest BCUT2D eigenvalue weighted by Gasteiger charge is -2.37. The normalized spacial score (nSPS) is 21.2. The number of ether oxygens (including phenoxy) is 2. The van der Waals surface area contributed by atoms with Crippen molar-refractivity contribution in [3.8, 4) is 5.75 Å². The first-order valence-electron chi connectivity index (χ1n) is 12.8. The Morgan fingerprint density at radius 3 is 2.65 bits per heavy atom.